The van der Waals surface area contributed by atoms with Gasteiger partial charge in [-0.3, -0.25) is 0 Å². The second-order valence-electron chi connectivity index (χ2n) is 5.56. The Morgan fingerprint density at radius 2 is 1.45 bits per heavy atom. The molecule has 0 aliphatic carbocycles. The minimum absolute atomic E-state index is 0.390. The molecule has 0 saturated carbocycles. The average Bonchev–Trinajstić information content (AvgIpc) is 2.51. The molecule has 0 bridgehead atoms. The van der Waals surface area contributed by atoms with Crippen LogP contribution in [0, 0.1) is 0 Å². The van der Waals surface area contributed by atoms with Crippen molar-refractivity contribution in [3.63, 3.8) is 0 Å². The molecule has 0 aliphatic rings. The number of carbonyl (C=O) groups is 1. The summed E-state index contributed by atoms with van der Waals surface area (Å²) < 4.78 is 5.19. The van der Waals surface area contributed by atoms with Gasteiger partial charge in [-0.05, 0) is 48.6 Å². The molecule has 0 aliphatic heterocycles. The molecule has 0 N–H and O–H groups in total. The van der Waals surface area contributed by atoms with Gasteiger partial charge in [-0.15, -0.1) is 0 Å². The fourth-order valence-corrected chi connectivity index (χ4v) is 2.22. The third-order valence-electron chi connectivity index (χ3n) is 3.45. The van der Waals surface area contributed by atoms with Crippen molar-refractivity contribution < 1.29 is 9.53 Å². The van der Waals surface area contributed by atoms with E-state index in [1.807, 2.05) is 24.3 Å². The van der Waals surface area contributed by atoms with Crippen molar-refractivity contribution in [2.24, 2.45) is 0 Å². The average molecular weight is 294 g/mol. The first kappa shape index (κ1) is 16.0. The molecule has 0 unspecified atom stereocenters. The van der Waals surface area contributed by atoms with Crippen molar-refractivity contribution in [3.05, 3.63) is 77.4 Å². The standard InChI is InChI=1S/C20H22O2/c1-4-5-16-6-8-17(9-7-16)14-18-10-12-19(13-11-18)22-20(21)15(2)3/h6-13H,2,4-5,14H2,1,3H3. The van der Waals surface area contributed by atoms with Gasteiger partial charge in [0.1, 0.15) is 5.75 Å². The Balaban J connectivity index is 1.98. The normalized spacial score (nSPS) is 10.3. The van der Waals surface area contributed by atoms with E-state index in [1.165, 1.54) is 23.1 Å². The molecule has 2 aromatic rings. The number of hydrogen-bond donors (Lipinski definition) is 0. The maximum atomic E-state index is 11.5. The summed E-state index contributed by atoms with van der Waals surface area (Å²) >= 11 is 0. The van der Waals surface area contributed by atoms with Crippen LogP contribution in [0.1, 0.15) is 37.0 Å². The summed E-state index contributed by atoms with van der Waals surface area (Å²) in [6.07, 6.45) is 3.17. The fraction of sp³-hybridized carbons (Fsp3) is 0.250. The lowest BCUT2D eigenvalue weighted by molar-refractivity contribution is -0.130. The van der Waals surface area contributed by atoms with E-state index in [1.54, 1.807) is 6.92 Å². The molecule has 2 heteroatoms. The number of hydrogen-bond acceptors (Lipinski definition) is 2. The summed E-state index contributed by atoms with van der Waals surface area (Å²) in [6.45, 7) is 7.40. The van der Waals surface area contributed by atoms with Crippen LogP contribution in [0.5, 0.6) is 5.75 Å². The van der Waals surface area contributed by atoms with Crippen LogP contribution >= 0.6 is 0 Å². The van der Waals surface area contributed by atoms with Gasteiger partial charge < -0.3 is 4.74 Å². The summed E-state index contributed by atoms with van der Waals surface area (Å²) in [4.78, 5) is 11.5. The molecule has 0 radical (unpaired) electrons. The Kier molecular flexibility index (Phi) is 5.54. The van der Waals surface area contributed by atoms with Gasteiger partial charge in [0.15, 0.2) is 0 Å². The molecule has 0 fully saturated rings. The highest BCUT2D eigenvalue weighted by Crippen LogP contribution is 2.17. The van der Waals surface area contributed by atoms with Crippen molar-refractivity contribution in [3.8, 4) is 5.75 Å². The number of benzene rings is 2. The van der Waals surface area contributed by atoms with E-state index in [-0.39, 0.29) is 5.97 Å². The van der Waals surface area contributed by atoms with Crippen molar-refractivity contribution in [2.75, 3.05) is 0 Å². The first-order chi connectivity index (χ1) is 10.6. The van der Waals surface area contributed by atoms with Crippen molar-refractivity contribution >= 4 is 5.97 Å². The van der Waals surface area contributed by atoms with Crippen LogP contribution in [0.2, 0.25) is 0 Å². The largest absolute Gasteiger partial charge is 0.423 e. The molecular weight excluding hydrogens is 272 g/mol. The van der Waals surface area contributed by atoms with E-state index in [0.717, 1.165) is 12.8 Å². The second kappa shape index (κ2) is 7.60. The minimum Gasteiger partial charge on any atom is -0.423 e. The van der Waals surface area contributed by atoms with Gasteiger partial charge >= 0.3 is 5.97 Å². The van der Waals surface area contributed by atoms with Crippen LogP contribution < -0.4 is 4.74 Å². The highest BCUT2D eigenvalue weighted by molar-refractivity contribution is 5.88. The molecule has 2 nitrogen and oxygen atoms in total. The van der Waals surface area contributed by atoms with Gasteiger partial charge in [0.2, 0.25) is 0 Å². The van der Waals surface area contributed by atoms with Gasteiger partial charge in [-0.25, -0.2) is 4.79 Å². The van der Waals surface area contributed by atoms with Crippen molar-refractivity contribution in [2.45, 2.75) is 33.1 Å². The van der Waals surface area contributed by atoms with E-state index in [4.69, 9.17) is 4.74 Å². The molecule has 114 valence electrons. The second-order valence-corrected chi connectivity index (χ2v) is 5.56. The Hall–Kier alpha value is -2.35. The van der Waals surface area contributed by atoms with Crippen LogP contribution in [0.4, 0.5) is 0 Å². The first-order valence-corrected chi connectivity index (χ1v) is 7.63. The fourth-order valence-electron chi connectivity index (χ4n) is 2.22. The summed E-state index contributed by atoms with van der Waals surface area (Å²) in [5, 5.41) is 0. The molecule has 2 aromatic carbocycles. The minimum atomic E-state index is -0.390. The van der Waals surface area contributed by atoms with E-state index in [2.05, 4.69) is 37.8 Å². The van der Waals surface area contributed by atoms with E-state index < -0.39 is 0 Å². The van der Waals surface area contributed by atoms with Gasteiger partial charge in [0.05, 0.1) is 0 Å². The van der Waals surface area contributed by atoms with Crippen LogP contribution in [0.3, 0.4) is 0 Å². The van der Waals surface area contributed by atoms with Crippen molar-refractivity contribution in [1.82, 2.24) is 0 Å². The zero-order valence-corrected chi connectivity index (χ0v) is 13.3. The Morgan fingerprint density at radius 3 is 1.95 bits per heavy atom. The number of rotatable bonds is 6. The molecule has 0 spiro atoms. The highest BCUT2D eigenvalue weighted by Gasteiger charge is 2.05. The Labute approximate surface area is 132 Å². The summed E-state index contributed by atoms with van der Waals surface area (Å²) in [6, 6.07) is 16.4. The number of carbonyl (C=O) groups excluding carboxylic acids is 1. The summed E-state index contributed by atoms with van der Waals surface area (Å²) in [5.41, 5.74) is 4.26. The maximum absolute atomic E-state index is 11.5. The van der Waals surface area contributed by atoms with Crippen LogP contribution in [0.15, 0.2) is 60.7 Å². The van der Waals surface area contributed by atoms with Crippen molar-refractivity contribution in [1.29, 1.82) is 0 Å². The monoisotopic (exact) mass is 294 g/mol. The molecule has 22 heavy (non-hydrogen) atoms. The third kappa shape index (κ3) is 4.59. The zero-order chi connectivity index (χ0) is 15.9. The first-order valence-electron chi connectivity index (χ1n) is 7.63. The smallest absolute Gasteiger partial charge is 0.338 e. The lowest BCUT2D eigenvalue weighted by atomic mass is 10.0. The SMILES string of the molecule is C=C(C)C(=O)Oc1ccc(Cc2ccc(CCC)cc2)cc1. The highest BCUT2D eigenvalue weighted by atomic mass is 16.5. The Bertz CT molecular complexity index is 636. The predicted octanol–water partition coefficient (Wildman–Crippen LogP) is 4.71. The van der Waals surface area contributed by atoms with Gasteiger partial charge in [0.25, 0.3) is 0 Å². The number of ether oxygens (including phenoxy) is 1. The molecule has 2 rings (SSSR count). The topological polar surface area (TPSA) is 26.3 Å². The van der Waals surface area contributed by atoms with Gasteiger partial charge in [-0.2, -0.15) is 0 Å². The predicted molar refractivity (Wildman–Crippen MR) is 90.1 cm³/mol. The summed E-state index contributed by atoms with van der Waals surface area (Å²) in [7, 11) is 0. The molecule has 0 saturated heterocycles. The van der Waals surface area contributed by atoms with Crippen LogP contribution in [-0.4, -0.2) is 5.97 Å². The number of aryl methyl sites for hydroxylation is 1. The van der Waals surface area contributed by atoms with E-state index >= 15 is 0 Å². The zero-order valence-electron chi connectivity index (χ0n) is 13.3. The summed E-state index contributed by atoms with van der Waals surface area (Å²) in [5.74, 6) is 0.161. The lowest BCUT2D eigenvalue weighted by Gasteiger charge is -2.06. The molecule has 0 amide bonds. The van der Waals surface area contributed by atoms with Gasteiger partial charge in [-0.1, -0.05) is 56.3 Å². The van der Waals surface area contributed by atoms with Crippen LogP contribution in [-0.2, 0) is 17.6 Å². The molecule has 0 atom stereocenters. The lowest BCUT2D eigenvalue weighted by Crippen LogP contribution is -2.08. The molecule has 0 heterocycles. The number of esters is 1. The van der Waals surface area contributed by atoms with Crippen LogP contribution in [0.25, 0.3) is 0 Å². The quantitative estimate of drug-likeness (QED) is 0.438. The Morgan fingerprint density at radius 1 is 0.955 bits per heavy atom. The van der Waals surface area contributed by atoms with E-state index in [0.29, 0.717) is 11.3 Å². The third-order valence-corrected chi connectivity index (χ3v) is 3.45. The maximum Gasteiger partial charge on any atom is 0.338 e. The molecule has 0 aromatic heterocycles. The van der Waals surface area contributed by atoms with E-state index in [9.17, 15) is 4.79 Å². The molecular formula is C20H22O2. The van der Waals surface area contributed by atoms with Gasteiger partial charge in [0, 0.05) is 5.57 Å².